The van der Waals surface area contributed by atoms with Crippen molar-refractivity contribution in [1.82, 2.24) is 0 Å². The molecule has 6 rings (SSSR count). The summed E-state index contributed by atoms with van der Waals surface area (Å²) in [5, 5.41) is 190. The molecule has 20 N–H and O–H groups in total. The molecule has 6 aliphatic rings. The lowest BCUT2D eigenvalue weighted by molar-refractivity contribution is -0.392. The van der Waals surface area contributed by atoms with Gasteiger partial charge in [-0.25, -0.2) is 0 Å². The third-order valence-corrected chi connectivity index (χ3v) is 12.5. The molecule has 386 valence electrons. The van der Waals surface area contributed by atoms with E-state index in [-0.39, 0.29) is 0 Å². The van der Waals surface area contributed by atoms with Crippen LogP contribution in [0.2, 0.25) is 0 Å². The molecule has 30 heteroatoms. The van der Waals surface area contributed by atoms with E-state index < -0.39 is 217 Å². The summed E-state index contributed by atoms with van der Waals surface area (Å²) >= 11 is 0. The monoisotopic (exact) mass is 973 g/mol. The van der Waals surface area contributed by atoms with E-state index in [1.165, 1.54) is 6.92 Å². The zero-order chi connectivity index (χ0) is 48.6. The second-order valence-electron chi connectivity index (χ2n) is 16.8. The van der Waals surface area contributed by atoms with Crippen LogP contribution in [-0.2, 0) is 52.1 Å². The summed E-state index contributed by atoms with van der Waals surface area (Å²) < 4.78 is 61.8. The summed E-state index contributed by atoms with van der Waals surface area (Å²) in [5.74, 6) is 0. The number of aliphatic hydroxyl groups is 18. The van der Waals surface area contributed by atoms with Gasteiger partial charge in [0.1, 0.15) is 134 Å². The Morgan fingerprint density at radius 2 is 0.697 bits per heavy atom. The smallest absolute Gasteiger partial charge is 0.187 e. The summed E-state index contributed by atoms with van der Waals surface area (Å²) in [4.78, 5) is 0. The highest BCUT2D eigenvalue weighted by molar-refractivity contribution is 5.00. The molecule has 0 saturated carbocycles. The molecule has 30 nitrogen and oxygen atoms in total. The molecule has 66 heavy (non-hydrogen) atoms. The van der Waals surface area contributed by atoms with Gasteiger partial charge in [0.25, 0.3) is 0 Å². The van der Waals surface area contributed by atoms with Crippen LogP contribution in [0.5, 0.6) is 0 Å². The second kappa shape index (κ2) is 22.9. The standard InChI is InChI=1S/C36H63NO29/c1-7-14(43)18(47)23(52)33(56-7)66-30-19(48)15(44)8(2-38)60-36(30)64-28-13(37)32(58-9(3-39)16(28)45)65-29-17(46)10(4-40)59-35(25(29)54)63-27-12(6-42)61-34(24(53)21(27)50)62-26-11(5-41)57-31(55)22(51)20(26)49/h7-36,38-55H,2-6,37H2,1H3/t7?,8?,9?,10?,11?,12?,13?,14-,15-,16-,17-,18?,19?,20?,21?,22?,23?,24?,25?,26-,27-,28?,29?,30?,31+,32-,33-,34-,35-,36-/m0/s1. The summed E-state index contributed by atoms with van der Waals surface area (Å²) in [6.45, 7) is -3.36. The quantitative estimate of drug-likeness (QED) is 0.0724. The lowest BCUT2D eigenvalue weighted by Crippen LogP contribution is -2.69. The first-order valence-corrected chi connectivity index (χ1v) is 21.1. The van der Waals surface area contributed by atoms with Gasteiger partial charge in [0.15, 0.2) is 37.7 Å². The van der Waals surface area contributed by atoms with Gasteiger partial charge in [0, 0.05) is 0 Å². The molecule has 30 atom stereocenters. The Labute approximate surface area is 373 Å². The maximum atomic E-state index is 11.5. The highest BCUT2D eigenvalue weighted by Gasteiger charge is 2.57. The zero-order valence-corrected chi connectivity index (χ0v) is 35.0. The molecule has 0 bridgehead atoms. The van der Waals surface area contributed by atoms with Gasteiger partial charge in [-0.1, -0.05) is 0 Å². The van der Waals surface area contributed by atoms with E-state index in [9.17, 15) is 91.9 Å². The van der Waals surface area contributed by atoms with Crippen LogP contribution in [0, 0.1) is 0 Å². The molecule has 0 aromatic heterocycles. The Bertz CT molecular complexity index is 1490. The lowest BCUT2D eigenvalue weighted by atomic mass is 9.94. The maximum absolute atomic E-state index is 11.5. The fourth-order valence-corrected chi connectivity index (χ4v) is 8.49. The minimum Gasteiger partial charge on any atom is -0.394 e. The topological polar surface area (TPSA) is 492 Å². The van der Waals surface area contributed by atoms with Crippen LogP contribution >= 0.6 is 0 Å². The number of hydrogen-bond acceptors (Lipinski definition) is 30. The van der Waals surface area contributed by atoms with E-state index in [0.717, 1.165) is 0 Å². The molecule has 6 fully saturated rings. The first-order valence-electron chi connectivity index (χ1n) is 21.1. The number of aliphatic hydroxyl groups excluding tert-OH is 18. The summed E-state index contributed by atoms with van der Waals surface area (Å²) in [6, 6.07) is -1.73. The molecule has 0 aromatic carbocycles. The Balaban J connectivity index is 1.18. The molecule has 0 aromatic rings. The number of hydrogen-bond donors (Lipinski definition) is 19. The Kier molecular flexibility index (Phi) is 18.8. The molecule has 6 saturated heterocycles. The maximum Gasteiger partial charge on any atom is 0.187 e. The first-order chi connectivity index (χ1) is 31.2. The molecular weight excluding hydrogens is 910 g/mol. The van der Waals surface area contributed by atoms with Crippen molar-refractivity contribution in [3.05, 3.63) is 0 Å². The molecule has 6 heterocycles. The van der Waals surface area contributed by atoms with Crippen LogP contribution in [0.4, 0.5) is 0 Å². The van der Waals surface area contributed by atoms with E-state index >= 15 is 0 Å². The zero-order valence-electron chi connectivity index (χ0n) is 35.0. The normalized spacial score (nSPS) is 54.0. The van der Waals surface area contributed by atoms with E-state index in [2.05, 4.69) is 0 Å². The van der Waals surface area contributed by atoms with E-state index in [4.69, 9.17) is 57.8 Å². The van der Waals surface area contributed by atoms with Gasteiger partial charge in [-0.2, -0.15) is 0 Å². The molecule has 0 aliphatic carbocycles. The predicted octanol–water partition coefficient (Wildman–Crippen LogP) is -13.1. The summed E-state index contributed by atoms with van der Waals surface area (Å²) in [5.41, 5.74) is 6.47. The molecule has 6 aliphatic heterocycles. The van der Waals surface area contributed by atoms with Gasteiger partial charge in [0.05, 0.1) is 45.2 Å². The van der Waals surface area contributed by atoms with Gasteiger partial charge in [-0.3, -0.25) is 0 Å². The number of rotatable bonds is 15. The van der Waals surface area contributed by atoms with Crippen LogP contribution in [0.15, 0.2) is 0 Å². The van der Waals surface area contributed by atoms with Crippen LogP contribution in [0.1, 0.15) is 6.92 Å². The number of ether oxygens (including phenoxy) is 11. The molecule has 0 spiro atoms. The van der Waals surface area contributed by atoms with Crippen LogP contribution in [0.3, 0.4) is 0 Å². The Morgan fingerprint density at radius 1 is 0.318 bits per heavy atom. The minimum absolute atomic E-state index is 0.860. The lowest BCUT2D eigenvalue weighted by Gasteiger charge is -2.50. The average molecular weight is 974 g/mol. The fourth-order valence-electron chi connectivity index (χ4n) is 8.49. The van der Waals surface area contributed by atoms with Crippen molar-refractivity contribution in [3.8, 4) is 0 Å². The summed E-state index contributed by atoms with van der Waals surface area (Å²) in [6.07, 6.45) is -52.9. The van der Waals surface area contributed by atoms with Gasteiger partial charge in [0.2, 0.25) is 0 Å². The van der Waals surface area contributed by atoms with Crippen LogP contribution in [0.25, 0.3) is 0 Å². The van der Waals surface area contributed by atoms with Crippen molar-refractivity contribution in [2.45, 2.75) is 191 Å². The van der Waals surface area contributed by atoms with Crippen molar-refractivity contribution in [2.24, 2.45) is 5.73 Å². The molecular formula is C36H63NO29. The Morgan fingerprint density at radius 3 is 1.27 bits per heavy atom. The second-order valence-corrected chi connectivity index (χ2v) is 16.8. The van der Waals surface area contributed by atoms with Gasteiger partial charge < -0.3 is 150 Å². The SMILES string of the molecule is CC1O[C@@H](OC2C(O)[C@@H](O)C(CO)O[C@H]2OC2C(N)[C@H](OC3C(O)[C@H](O[C@H]4C(CO)O[C@@H](O[C@H]5C(CO)O[C@@H](O)C(O)C5O)C(O)C4O)OC(CO)[C@@H]3O)OC(CO)[C@@H]2O)C(O)C(O)[C@H]1O. The minimum atomic E-state index is -2.15. The van der Waals surface area contributed by atoms with Crippen molar-refractivity contribution in [2.75, 3.05) is 33.0 Å². The van der Waals surface area contributed by atoms with Crippen molar-refractivity contribution >= 4 is 0 Å². The molecule has 18 unspecified atom stereocenters. The fraction of sp³-hybridized carbons (Fsp3) is 1.00. The van der Waals surface area contributed by atoms with Gasteiger partial charge >= 0.3 is 0 Å². The first kappa shape index (κ1) is 54.1. The summed E-state index contributed by atoms with van der Waals surface area (Å²) in [7, 11) is 0. The van der Waals surface area contributed by atoms with Gasteiger partial charge in [-0.05, 0) is 6.92 Å². The highest BCUT2D eigenvalue weighted by atomic mass is 16.8. The largest absolute Gasteiger partial charge is 0.394 e. The third-order valence-electron chi connectivity index (χ3n) is 12.5. The van der Waals surface area contributed by atoms with Crippen LogP contribution in [-0.4, -0.2) is 309 Å². The van der Waals surface area contributed by atoms with Crippen molar-refractivity contribution in [3.63, 3.8) is 0 Å². The third kappa shape index (κ3) is 10.8. The molecule has 0 amide bonds. The van der Waals surface area contributed by atoms with E-state index in [1.54, 1.807) is 0 Å². The van der Waals surface area contributed by atoms with E-state index in [0.29, 0.717) is 0 Å². The van der Waals surface area contributed by atoms with Gasteiger partial charge in [-0.15, -0.1) is 0 Å². The molecule has 0 radical (unpaired) electrons. The van der Waals surface area contributed by atoms with Crippen LogP contribution < -0.4 is 5.73 Å². The Hall–Kier alpha value is -1.20. The highest BCUT2D eigenvalue weighted by Crippen LogP contribution is 2.36. The van der Waals surface area contributed by atoms with Crippen molar-refractivity contribution < 1.29 is 144 Å². The van der Waals surface area contributed by atoms with Crippen molar-refractivity contribution in [1.29, 1.82) is 0 Å². The number of nitrogens with two attached hydrogens (primary N) is 1. The average Bonchev–Trinajstić information content (AvgIpc) is 3.30. The van der Waals surface area contributed by atoms with E-state index in [1.807, 2.05) is 0 Å². The predicted molar refractivity (Wildman–Crippen MR) is 200 cm³/mol.